The molecule has 2 heteroatoms. The van der Waals surface area contributed by atoms with E-state index in [4.69, 9.17) is 9.98 Å². The molecule has 1 aliphatic rings. The summed E-state index contributed by atoms with van der Waals surface area (Å²) >= 11 is 0. The van der Waals surface area contributed by atoms with E-state index in [0.29, 0.717) is 11.8 Å². The van der Waals surface area contributed by atoms with E-state index in [-0.39, 0.29) is 0 Å². The molecule has 2 nitrogen and oxygen atoms in total. The molecule has 0 N–H and O–H groups in total. The highest BCUT2D eigenvalue weighted by molar-refractivity contribution is 6.18. The zero-order valence-electron chi connectivity index (χ0n) is 33.1. The van der Waals surface area contributed by atoms with E-state index in [0.717, 1.165) is 12.6 Å². The minimum absolute atomic E-state index is 0.494. The van der Waals surface area contributed by atoms with Gasteiger partial charge in [-0.15, -0.1) is 0 Å². The third-order valence-corrected chi connectivity index (χ3v) is 11.3. The standard InChI is InChI=1S/C47H83N2/c1-3-5-7-9-11-13-15-17-19-20-21-22-24-26-28-30-35-39-45(43-44-37-33-32-34-38-44)46(47-48-41-42-49-47)40-36-31-29-27-25-23-18-16-14-12-10-8-6-4-2/h32-34,37-38,41-42,45-46H,3-31,35-36,39-40,43H2,1-2H3/q+1. The Balaban J connectivity index is 1.60. The Labute approximate surface area is 307 Å². The lowest BCUT2D eigenvalue weighted by molar-refractivity contribution is 0.284. The van der Waals surface area contributed by atoms with Gasteiger partial charge in [0.1, 0.15) is 0 Å². The first-order valence-corrected chi connectivity index (χ1v) is 22.3. The van der Waals surface area contributed by atoms with Crippen molar-refractivity contribution in [2.45, 2.75) is 232 Å². The predicted molar refractivity (Wildman–Crippen MR) is 221 cm³/mol. The molecule has 0 spiro atoms. The zero-order chi connectivity index (χ0) is 34.7. The number of hydrogen-bond acceptors (Lipinski definition) is 2. The Bertz CT molecular complexity index is 848. The first-order chi connectivity index (χ1) is 24.3. The molecule has 0 saturated heterocycles. The summed E-state index contributed by atoms with van der Waals surface area (Å²) < 4.78 is 0. The Morgan fingerprint density at radius 1 is 0.408 bits per heavy atom. The number of unbranched alkanes of at least 4 members (excludes halogenated alkanes) is 29. The van der Waals surface area contributed by atoms with Crippen molar-refractivity contribution in [1.29, 1.82) is 0 Å². The third-order valence-electron chi connectivity index (χ3n) is 11.3. The zero-order valence-corrected chi connectivity index (χ0v) is 33.1. The lowest BCUT2D eigenvalue weighted by Gasteiger charge is -2.26. The Kier molecular flexibility index (Phi) is 29.9. The van der Waals surface area contributed by atoms with Crippen molar-refractivity contribution in [3.05, 3.63) is 42.1 Å². The van der Waals surface area contributed by atoms with E-state index >= 15 is 0 Å². The first-order valence-electron chi connectivity index (χ1n) is 22.3. The summed E-state index contributed by atoms with van der Waals surface area (Å²) in [5.41, 5.74) is 1.48. The van der Waals surface area contributed by atoms with Crippen LogP contribution in [-0.2, 0) is 6.42 Å². The van der Waals surface area contributed by atoms with Gasteiger partial charge >= 0.3 is 0 Å². The van der Waals surface area contributed by atoms with E-state index < -0.39 is 0 Å². The van der Waals surface area contributed by atoms with Gasteiger partial charge in [0.05, 0.1) is 5.92 Å². The molecule has 0 radical (unpaired) electrons. The van der Waals surface area contributed by atoms with Gasteiger partial charge in [0.15, 0.2) is 12.4 Å². The molecule has 2 unspecified atom stereocenters. The summed E-state index contributed by atoms with van der Waals surface area (Å²) in [4.78, 5) is 9.56. The molecule has 280 valence electrons. The van der Waals surface area contributed by atoms with Crippen LogP contribution in [0.4, 0.5) is 0 Å². The highest BCUT2D eigenvalue weighted by atomic mass is 15.0. The van der Waals surface area contributed by atoms with E-state index in [1.54, 1.807) is 0 Å². The predicted octanol–water partition coefficient (Wildman–Crippen LogP) is 16.0. The average Bonchev–Trinajstić information content (AvgIpc) is 3.66. The summed E-state index contributed by atoms with van der Waals surface area (Å²) in [6.07, 6.45) is 53.0. The molecule has 0 amide bonds. The van der Waals surface area contributed by atoms with Gasteiger partial charge in [-0.1, -0.05) is 253 Å². The topological polar surface area (TPSA) is 24.7 Å². The summed E-state index contributed by atoms with van der Waals surface area (Å²) in [5.74, 6) is 1.14. The van der Waals surface area contributed by atoms with Crippen molar-refractivity contribution in [3.8, 4) is 0 Å². The van der Waals surface area contributed by atoms with Crippen LogP contribution < -0.4 is 0 Å². The van der Waals surface area contributed by atoms with E-state index in [9.17, 15) is 0 Å². The van der Waals surface area contributed by atoms with Gasteiger partial charge in [0.2, 0.25) is 6.17 Å². The molecule has 1 heterocycles. The summed E-state index contributed by atoms with van der Waals surface area (Å²) in [5, 5.41) is 0. The van der Waals surface area contributed by atoms with E-state index in [1.165, 1.54) is 217 Å². The first kappa shape index (κ1) is 43.6. The number of aliphatic imine (C=N–C) groups is 2. The lowest BCUT2D eigenvalue weighted by Crippen LogP contribution is -2.22. The highest BCUT2D eigenvalue weighted by Gasteiger charge is 2.35. The Hall–Kier alpha value is -1.57. The van der Waals surface area contributed by atoms with Crippen LogP contribution in [0.15, 0.2) is 40.3 Å². The van der Waals surface area contributed by atoms with Crippen molar-refractivity contribution in [1.82, 2.24) is 0 Å². The van der Waals surface area contributed by atoms with Crippen LogP contribution >= 0.6 is 0 Å². The second kappa shape index (κ2) is 33.6. The van der Waals surface area contributed by atoms with Crippen molar-refractivity contribution in [3.63, 3.8) is 0 Å². The van der Waals surface area contributed by atoms with Crippen LogP contribution in [0.1, 0.15) is 231 Å². The van der Waals surface area contributed by atoms with Crippen molar-refractivity contribution in [2.75, 3.05) is 0 Å². The van der Waals surface area contributed by atoms with E-state index in [1.807, 2.05) is 12.4 Å². The van der Waals surface area contributed by atoms with Gasteiger partial charge in [0.25, 0.3) is 0 Å². The molecule has 0 aromatic heterocycles. The Morgan fingerprint density at radius 2 is 0.735 bits per heavy atom. The maximum Gasteiger partial charge on any atom is 0.244 e. The SMILES string of the molecule is CCCCCCCCCCCCCCCCCCCC(Cc1ccccc1)C(CCCCCCCCCCCCCCCC)[C+]1N=CC=N1. The number of rotatable bonds is 37. The minimum Gasteiger partial charge on any atom is -0.0965 e. The molecule has 1 aromatic rings. The Morgan fingerprint density at radius 3 is 1.10 bits per heavy atom. The van der Waals surface area contributed by atoms with Gasteiger partial charge in [-0.05, 0) is 30.7 Å². The van der Waals surface area contributed by atoms with Crippen molar-refractivity contribution < 1.29 is 0 Å². The maximum absolute atomic E-state index is 4.78. The monoisotopic (exact) mass is 676 g/mol. The van der Waals surface area contributed by atoms with Gasteiger partial charge in [-0.25, -0.2) is 0 Å². The second-order valence-electron chi connectivity index (χ2n) is 15.8. The summed E-state index contributed by atoms with van der Waals surface area (Å²) in [7, 11) is 0. The van der Waals surface area contributed by atoms with Gasteiger partial charge in [0, 0.05) is 0 Å². The van der Waals surface area contributed by atoms with Crippen LogP contribution in [0.25, 0.3) is 0 Å². The van der Waals surface area contributed by atoms with Crippen LogP contribution in [0.3, 0.4) is 0 Å². The minimum atomic E-state index is 0.494. The second-order valence-corrected chi connectivity index (χ2v) is 15.8. The highest BCUT2D eigenvalue weighted by Crippen LogP contribution is 2.37. The van der Waals surface area contributed by atoms with Crippen LogP contribution in [0, 0.1) is 18.0 Å². The number of nitrogens with zero attached hydrogens (tertiary/aromatic N) is 2. The van der Waals surface area contributed by atoms with E-state index in [2.05, 4.69) is 44.2 Å². The van der Waals surface area contributed by atoms with Crippen LogP contribution in [0.5, 0.6) is 0 Å². The fraction of sp³-hybridized carbons (Fsp3) is 0.809. The lowest BCUT2D eigenvalue weighted by atomic mass is 9.78. The fourth-order valence-corrected chi connectivity index (χ4v) is 8.07. The molecule has 49 heavy (non-hydrogen) atoms. The molecule has 2 rings (SSSR count). The molecule has 2 atom stereocenters. The largest absolute Gasteiger partial charge is 0.244 e. The number of hydrogen-bond donors (Lipinski definition) is 0. The molecular formula is C47H83N2+. The normalized spacial score (nSPS) is 13.9. The molecular weight excluding hydrogens is 593 g/mol. The van der Waals surface area contributed by atoms with Gasteiger partial charge in [-0.3, -0.25) is 0 Å². The average molecular weight is 676 g/mol. The summed E-state index contributed by atoms with van der Waals surface area (Å²) in [6.45, 7) is 4.62. The van der Waals surface area contributed by atoms with Crippen LogP contribution in [-0.4, -0.2) is 12.4 Å². The molecule has 0 aliphatic carbocycles. The smallest absolute Gasteiger partial charge is 0.0965 e. The fourth-order valence-electron chi connectivity index (χ4n) is 8.07. The molecule has 1 aromatic carbocycles. The number of benzene rings is 1. The molecule has 0 fully saturated rings. The third kappa shape index (κ3) is 25.1. The molecule has 0 saturated carbocycles. The van der Waals surface area contributed by atoms with Crippen molar-refractivity contribution >= 4 is 12.4 Å². The quantitative estimate of drug-likeness (QED) is 0.0495. The summed E-state index contributed by atoms with van der Waals surface area (Å²) in [6, 6.07) is 11.2. The van der Waals surface area contributed by atoms with Crippen molar-refractivity contribution in [2.24, 2.45) is 21.8 Å². The molecule has 1 aliphatic heterocycles. The van der Waals surface area contributed by atoms with Gasteiger partial charge in [-0.2, -0.15) is 0 Å². The maximum atomic E-state index is 4.78. The van der Waals surface area contributed by atoms with Gasteiger partial charge < -0.3 is 0 Å². The van der Waals surface area contributed by atoms with Crippen LogP contribution in [0.2, 0.25) is 0 Å². The molecule has 0 bridgehead atoms.